The first kappa shape index (κ1) is 11.0. The summed E-state index contributed by atoms with van der Waals surface area (Å²) in [5.74, 6) is 0.697. The van der Waals surface area contributed by atoms with Crippen LogP contribution < -0.4 is 0 Å². The van der Waals surface area contributed by atoms with Gasteiger partial charge in [0.05, 0.1) is 11.4 Å². The van der Waals surface area contributed by atoms with E-state index in [-0.39, 0.29) is 0 Å². The third kappa shape index (κ3) is 1.80. The monoisotopic (exact) mass is 261 g/mol. The summed E-state index contributed by atoms with van der Waals surface area (Å²) < 4.78 is 1.60. The largest absolute Gasteiger partial charge is 0.278 e. The number of aromatic amines is 1. The number of thiazole rings is 1. The number of rotatable bonds is 2. The van der Waals surface area contributed by atoms with Crippen molar-refractivity contribution < 1.29 is 0 Å². The topological polar surface area (TPSA) is 83.6 Å². The second kappa shape index (κ2) is 3.98. The molecule has 3 aromatic rings. The van der Waals surface area contributed by atoms with Crippen molar-refractivity contribution in [3.05, 3.63) is 22.6 Å². The van der Waals surface area contributed by atoms with E-state index in [2.05, 4.69) is 30.4 Å². The lowest BCUT2D eigenvalue weighted by molar-refractivity contribution is 0.793. The van der Waals surface area contributed by atoms with Gasteiger partial charge >= 0.3 is 0 Å². The summed E-state index contributed by atoms with van der Waals surface area (Å²) in [6.45, 7) is 5.67. The molecule has 18 heavy (non-hydrogen) atoms. The number of H-pyrrole nitrogens is 1. The highest BCUT2D eigenvalue weighted by Crippen LogP contribution is 2.26. The van der Waals surface area contributed by atoms with E-state index >= 15 is 0 Å². The summed E-state index contributed by atoms with van der Waals surface area (Å²) >= 11 is 1.46. The lowest BCUT2D eigenvalue weighted by Crippen LogP contribution is -1.86. The van der Waals surface area contributed by atoms with Gasteiger partial charge in [0.2, 0.25) is 10.8 Å². The van der Waals surface area contributed by atoms with Gasteiger partial charge < -0.3 is 0 Å². The zero-order valence-corrected chi connectivity index (χ0v) is 11.0. The fourth-order valence-corrected chi connectivity index (χ4v) is 2.24. The van der Waals surface area contributed by atoms with Gasteiger partial charge in [-0.05, 0) is 20.8 Å². The van der Waals surface area contributed by atoms with Crippen LogP contribution in [0.1, 0.15) is 17.2 Å². The van der Waals surface area contributed by atoms with E-state index in [4.69, 9.17) is 0 Å². The van der Waals surface area contributed by atoms with Crippen LogP contribution in [0.5, 0.6) is 0 Å². The van der Waals surface area contributed by atoms with Gasteiger partial charge in [-0.3, -0.25) is 5.10 Å². The summed E-state index contributed by atoms with van der Waals surface area (Å²) in [5, 5.41) is 18.2. The molecule has 0 aliphatic rings. The van der Waals surface area contributed by atoms with Gasteiger partial charge in [-0.1, -0.05) is 0 Å². The second-order valence-corrected chi connectivity index (χ2v) is 4.79. The van der Waals surface area contributed by atoms with Crippen LogP contribution in [-0.2, 0) is 0 Å². The number of azo groups is 1. The summed E-state index contributed by atoms with van der Waals surface area (Å²) in [6, 6.07) is 0. The van der Waals surface area contributed by atoms with Gasteiger partial charge in [-0.15, -0.1) is 26.7 Å². The van der Waals surface area contributed by atoms with Crippen molar-refractivity contribution in [1.29, 1.82) is 0 Å². The summed E-state index contributed by atoms with van der Waals surface area (Å²) in [4.78, 5) is 8.53. The normalized spacial score (nSPS) is 11.9. The number of hydrogen-bond acceptors (Lipinski definition) is 6. The van der Waals surface area contributed by atoms with Crippen molar-refractivity contribution in [2.24, 2.45) is 10.2 Å². The van der Waals surface area contributed by atoms with Crippen LogP contribution in [0.25, 0.3) is 5.65 Å². The predicted molar refractivity (Wildman–Crippen MR) is 67.8 cm³/mol. The molecular formula is C10H11N7S. The Bertz CT molecular complexity index is 733. The van der Waals surface area contributed by atoms with Gasteiger partial charge in [0, 0.05) is 5.38 Å². The zero-order valence-electron chi connectivity index (χ0n) is 10.2. The number of aromatic nitrogens is 5. The Hall–Kier alpha value is -2.09. The highest BCUT2D eigenvalue weighted by Gasteiger charge is 2.11. The maximum absolute atomic E-state index is 4.30. The first-order valence-electron chi connectivity index (χ1n) is 5.39. The number of aryl methyl sites for hydroxylation is 3. The molecule has 0 radical (unpaired) electrons. The Morgan fingerprint density at radius 2 is 2.06 bits per heavy atom. The Balaban J connectivity index is 2.03. The average Bonchev–Trinajstić information content (AvgIpc) is 2.92. The molecule has 0 aliphatic heterocycles. The first-order valence-corrected chi connectivity index (χ1v) is 6.27. The molecule has 0 fully saturated rings. The number of nitrogens with one attached hydrogen (secondary N) is 1. The molecule has 0 amide bonds. The molecule has 0 saturated carbocycles. The Morgan fingerprint density at radius 1 is 1.22 bits per heavy atom. The maximum atomic E-state index is 4.30. The van der Waals surface area contributed by atoms with E-state index in [1.54, 1.807) is 4.63 Å². The Morgan fingerprint density at radius 3 is 2.78 bits per heavy atom. The molecule has 0 unspecified atom stereocenters. The Labute approximate surface area is 107 Å². The smallest absolute Gasteiger partial charge is 0.230 e. The molecule has 0 atom stereocenters. The predicted octanol–water partition coefficient (Wildman–Crippen LogP) is 2.85. The van der Waals surface area contributed by atoms with E-state index in [0.29, 0.717) is 22.3 Å². The van der Waals surface area contributed by atoms with E-state index in [1.807, 2.05) is 26.2 Å². The molecule has 0 bridgehead atoms. The molecule has 3 rings (SSSR count). The van der Waals surface area contributed by atoms with Crippen LogP contribution in [0, 0.1) is 20.8 Å². The minimum absolute atomic E-state index is 0.641. The van der Waals surface area contributed by atoms with Crippen LogP contribution >= 0.6 is 11.3 Å². The molecule has 0 spiro atoms. The minimum Gasteiger partial charge on any atom is -0.278 e. The van der Waals surface area contributed by atoms with Crippen LogP contribution in [0.3, 0.4) is 0 Å². The molecule has 0 aliphatic carbocycles. The molecule has 1 N–H and O–H groups in total. The fourth-order valence-electron chi connectivity index (χ4n) is 1.63. The van der Waals surface area contributed by atoms with Gasteiger partial charge in [-0.25, -0.2) is 9.97 Å². The van der Waals surface area contributed by atoms with Gasteiger partial charge in [0.15, 0.2) is 5.69 Å². The van der Waals surface area contributed by atoms with Crippen molar-refractivity contribution in [1.82, 2.24) is 24.8 Å². The number of nitrogens with zero attached hydrogens (tertiary/aromatic N) is 6. The van der Waals surface area contributed by atoms with E-state index in [1.165, 1.54) is 11.3 Å². The third-order valence-corrected chi connectivity index (χ3v) is 3.24. The molecule has 3 aromatic heterocycles. The lowest BCUT2D eigenvalue weighted by atomic mass is 10.4. The van der Waals surface area contributed by atoms with Crippen LogP contribution in [0.2, 0.25) is 0 Å². The summed E-state index contributed by atoms with van der Waals surface area (Å²) in [7, 11) is 0. The van der Waals surface area contributed by atoms with Gasteiger partial charge in [-0.2, -0.15) is 4.63 Å². The number of hydrogen-bond donors (Lipinski definition) is 1. The zero-order chi connectivity index (χ0) is 12.7. The lowest BCUT2D eigenvalue weighted by Gasteiger charge is -1.87. The van der Waals surface area contributed by atoms with Crippen molar-refractivity contribution in [2.75, 3.05) is 0 Å². The van der Waals surface area contributed by atoms with Crippen molar-refractivity contribution in [3.8, 4) is 0 Å². The molecule has 8 heteroatoms. The quantitative estimate of drug-likeness (QED) is 0.720. The molecular weight excluding hydrogens is 250 g/mol. The van der Waals surface area contributed by atoms with Gasteiger partial charge in [0.25, 0.3) is 0 Å². The molecule has 3 heterocycles. The maximum Gasteiger partial charge on any atom is 0.230 e. The standard InChI is InChI=1S/C10H11N7S/c1-5-4-18-10(11-5)14-13-8-6(2)15-17-9(8)12-7(3)16-17/h4,15H,1-3H3. The molecule has 0 saturated heterocycles. The number of fused-ring (bicyclic) bond motifs is 1. The van der Waals surface area contributed by atoms with E-state index in [0.717, 1.165) is 11.4 Å². The van der Waals surface area contributed by atoms with E-state index < -0.39 is 0 Å². The SMILES string of the molecule is Cc1csc(N=Nc2c(C)[nH]n3nc(C)nc23)n1. The van der Waals surface area contributed by atoms with Gasteiger partial charge in [0.1, 0.15) is 5.82 Å². The second-order valence-electron chi connectivity index (χ2n) is 3.95. The van der Waals surface area contributed by atoms with Crippen molar-refractivity contribution in [2.45, 2.75) is 20.8 Å². The van der Waals surface area contributed by atoms with Crippen LogP contribution in [0.4, 0.5) is 10.8 Å². The molecule has 0 aromatic carbocycles. The van der Waals surface area contributed by atoms with Crippen LogP contribution in [-0.4, -0.2) is 24.8 Å². The third-order valence-electron chi connectivity index (χ3n) is 2.40. The highest BCUT2D eigenvalue weighted by molar-refractivity contribution is 7.13. The average molecular weight is 261 g/mol. The molecule has 92 valence electrons. The minimum atomic E-state index is 0.641. The Kier molecular flexibility index (Phi) is 2.44. The first-order chi connectivity index (χ1) is 8.63. The highest BCUT2D eigenvalue weighted by atomic mass is 32.1. The van der Waals surface area contributed by atoms with Crippen molar-refractivity contribution in [3.63, 3.8) is 0 Å². The van der Waals surface area contributed by atoms with Crippen molar-refractivity contribution >= 4 is 27.8 Å². The fraction of sp³-hybridized carbons (Fsp3) is 0.300. The molecule has 7 nitrogen and oxygen atoms in total. The summed E-state index contributed by atoms with van der Waals surface area (Å²) in [5.41, 5.74) is 3.20. The van der Waals surface area contributed by atoms with Crippen LogP contribution in [0.15, 0.2) is 15.6 Å². The van der Waals surface area contributed by atoms with E-state index in [9.17, 15) is 0 Å². The summed E-state index contributed by atoms with van der Waals surface area (Å²) in [6.07, 6.45) is 0.